The average Bonchev–Trinajstić information content (AvgIpc) is 3.02. The molecule has 106 valence electrons. The summed E-state index contributed by atoms with van der Waals surface area (Å²) < 4.78 is 5.87. The van der Waals surface area contributed by atoms with E-state index in [9.17, 15) is 0 Å². The van der Waals surface area contributed by atoms with Crippen LogP contribution in [0.3, 0.4) is 0 Å². The second-order valence-corrected chi connectivity index (χ2v) is 7.24. The van der Waals surface area contributed by atoms with Crippen molar-refractivity contribution in [1.29, 1.82) is 0 Å². The van der Waals surface area contributed by atoms with Gasteiger partial charge in [-0.25, -0.2) is 0 Å². The van der Waals surface area contributed by atoms with Crippen LogP contribution in [0.2, 0.25) is 0 Å². The lowest BCUT2D eigenvalue weighted by Gasteiger charge is -2.19. The lowest BCUT2D eigenvalue weighted by molar-refractivity contribution is 0.332. The summed E-state index contributed by atoms with van der Waals surface area (Å²) >= 11 is 0. The van der Waals surface area contributed by atoms with E-state index in [1.807, 2.05) is 0 Å². The lowest BCUT2D eigenvalue weighted by Crippen LogP contribution is -2.37. The average molecular weight is 263 g/mol. The van der Waals surface area contributed by atoms with Crippen molar-refractivity contribution in [2.75, 3.05) is 6.54 Å². The molecule has 1 aromatic heterocycles. The van der Waals surface area contributed by atoms with Gasteiger partial charge in [0.05, 0.1) is 0 Å². The third-order valence-corrected chi connectivity index (χ3v) is 4.53. The van der Waals surface area contributed by atoms with E-state index in [4.69, 9.17) is 4.42 Å². The van der Waals surface area contributed by atoms with E-state index in [0.29, 0.717) is 5.92 Å². The predicted molar refractivity (Wildman–Crippen MR) is 73.9 cm³/mol. The van der Waals surface area contributed by atoms with Gasteiger partial charge in [0.25, 0.3) is 0 Å². The second kappa shape index (κ2) is 4.89. The normalized spacial score (nSPS) is 30.2. The molecule has 4 nitrogen and oxygen atoms in total. The molecule has 19 heavy (non-hydrogen) atoms. The first-order chi connectivity index (χ1) is 9.01. The standard InChI is InChI=1S/C15H25N3O/c1-15(2,3)16-7-6-13-17-18-14(19-13)12-9-10-4-5-11(12)8-10/h10-12,16H,4-9H2,1-3H3. The molecule has 0 spiro atoms. The van der Waals surface area contributed by atoms with Crippen molar-refractivity contribution in [3.63, 3.8) is 0 Å². The molecular formula is C15H25N3O. The summed E-state index contributed by atoms with van der Waals surface area (Å²) in [5.41, 5.74) is 0.146. The summed E-state index contributed by atoms with van der Waals surface area (Å²) in [5.74, 6) is 3.97. The Balaban J connectivity index is 1.55. The number of rotatable bonds is 4. The van der Waals surface area contributed by atoms with Crippen molar-refractivity contribution < 1.29 is 4.42 Å². The van der Waals surface area contributed by atoms with Crippen molar-refractivity contribution >= 4 is 0 Å². The van der Waals surface area contributed by atoms with Gasteiger partial charge < -0.3 is 9.73 Å². The summed E-state index contributed by atoms with van der Waals surface area (Å²) in [4.78, 5) is 0. The quantitative estimate of drug-likeness (QED) is 0.907. The Hall–Kier alpha value is -0.900. The fourth-order valence-corrected chi connectivity index (χ4v) is 3.61. The van der Waals surface area contributed by atoms with Crippen LogP contribution in [0.15, 0.2) is 4.42 Å². The molecule has 4 heteroatoms. The van der Waals surface area contributed by atoms with Gasteiger partial charge in [-0.05, 0) is 51.9 Å². The van der Waals surface area contributed by atoms with Gasteiger partial charge in [0, 0.05) is 24.4 Å². The summed E-state index contributed by atoms with van der Waals surface area (Å²) in [6.45, 7) is 7.40. The molecule has 0 saturated heterocycles. The van der Waals surface area contributed by atoms with E-state index in [0.717, 1.165) is 36.6 Å². The topological polar surface area (TPSA) is 51.0 Å². The van der Waals surface area contributed by atoms with Gasteiger partial charge in [0.1, 0.15) is 0 Å². The Morgan fingerprint density at radius 1 is 1.21 bits per heavy atom. The van der Waals surface area contributed by atoms with Crippen molar-refractivity contribution in [3.05, 3.63) is 11.8 Å². The van der Waals surface area contributed by atoms with Crippen LogP contribution < -0.4 is 5.32 Å². The molecule has 1 N–H and O–H groups in total. The molecule has 2 bridgehead atoms. The smallest absolute Gasteiger partial charge is 0.219 e. The summed E-state index contributed by atoms with van der Waals surface area (Å²) in [5, 5.41) is 11.9. The summed E-state index contributed by atoms with van der Waals surface area (Å²) in [6, 6.07) is 0. The van der Waals surface area contributed by atoms with Crippen molar-refractivity contribution in [2.24, 2.45) is 11.8 Å². The van der Waals surface area contributed by atoms with Crippen LogP contribution in [0.1, 0.15) is 64.2 Å². The molecule has 1 aromatic rings. The Bertz CT molecular complexity index is 435. The van der Waals surface area contributed by atoms with Crippen LogP contribution in [-0.2, 0) is 6.42 Å². The highest BCUT2D eigenvalue weighted by atomic mass is 16.4. The summed E-state index contributed by atoms with van der Waals surface area (Å²) in [7, 11) is 0. The first-order valence-electron chi connectivity index (χ1n) is 7.58. The molecule has 2 saturated carbocycles. The zero-order valence-electron chi connectivity index (χ0n) is 12.3. The van der Waals surface area contributed by atoms with Crippen LogP contribution in [0.25, 0.3) is 0 Å². The molecule has 0 aromatic carbocycles. The van der Waals surface area contributed by atoms with Crippen LogP contribution in [0, 0.1) is 11.8 Å². The highest BCUT2D eigenvalue weighted by Crippen LogP contribution is 2.52. The van der Waals surface area contributed by atoms with Gasteiger partial charge in [0.2, 0.25) is 11.8 Å². The molecule has 2 aliphatic carbocycles. The van der Waals surface area contributed by atoms with Gasteiger partial charge in [-0.2, -0.15) is 0 Å². The minimum Gasteiger partial charge on any atom is -0.425 e. The van der Waals surface area contributed by atoms with E-state index < -0.39 is 0 Å². The van der Waals surface area contributed by atoms with Crippen LogP contribution in [0.4, 0.5) is 0 Å². The summed E-state index contributed by atoms with van der Waals surface area (Å²) in [6.07, 6.45) is 6.25. The highest BCUT2D eigenvalue weighted by Gasteiger charge is 2.42. The number of fused-ring (bicyclic) bond motifs is 2. The third-order valence-electron chi connectivity index (χ3n) is 4.53. The second-order valence-electron chi connectivity index (χ2n) is 7.24. The first kappa shape index (κ1) is 13.1. The van der Waals surface area contributed by atoms with E-state index in [-0.39, 0.29) is 5.54 Å². The monoisotopic (exact) mass is 263 g/mol. The van der Waals surface area contributed by atoms with E-state index >= 15 is 0 Å². The van der Waals surface area contributed by atoms with Crippen LogP contribution in [0.5, 0.6) is 0 Å². The molecule has 2 fully saturated rings. The van der Waals surface area contributed by atoms with Gasteiger partial charge in [0.15, 0.2) is 0 Å². The molecule has 3 atom stereocenters. The molecule has 2 aliphatic rings. The number of hydrogen-bond donors (Lipinski definition) is 1. The lowest BCUT2D eigenvalue weighted by atomic mass is 9.89. The first-order valence-corrected chi connectivity index (χ1v) is 7.58. The Morgan fingerprint density at radius 3 is 2.68 bits per heavy atom. The number of hydrogen-bond acceptors (Lipinski definition) is 4. The highest BCUT2D eigenvalue weighted by molar-refractivity contribution is 5.04. The maximum atomic E-state index is 5.87. The van der Waals surface area contributed by atoms with Crippen molar-refractivity contribution in [1.82, 2.24) is 15.5 Å². The fraction of sp³-hybridized carbons (Fsp3) is 0.867. The zero-order valence-corrected chi connectivity index (χ0v) is 12.3. The number of nitrogens with one attached hydrogen (secondary N) is 1. The minimum absolute atomic E-state index is 0.146. The molecule has 3 rings (SSSR count). The third kappa shape index (κ3) is 2.99. The van der Waals surface area contributed by atoms with Crippen molar-refractivity contribution in [2.45, 2.75) is 64.3 Å². The van der Waals surface area contributed by atoms with Gasteiger partial charge in [-0.1, -0.05) is 6.42 Å². The number of aromatic nitrogens is 2. The Morgan fingerprint density at radius 2 is 2.05 bits per heavy atom. The van der Waals surface area contributed by atoms with E-state index in [1.165, 1.54) is 25.7 Å². The molecular weight excluding hydrogens is 238 g/mol. The predicted octanol–water partition coefficient (Wildman–Crippen LogP) is 2.90. The molecule has 0 amide bonds. The molecule has 3 unspecified atom stereocenters. The van der Waals surface area contributed by atoms with Gasteiger partial charge >= 0.3 is 0 Å². The zero-order chi connectivity index (χ0) is 13.5. The Kier molecular flexibility index (Phi) is 3.37. The maximum Gasteiger partial charge on any atom is 0.219 e. The molecule has 0 aliphatic heterocycles. The van der Waals surface area contributed by atoms with Gasteiger partial charge in [-0.15, -0.1) is 10.2 Å². The van der Waals surface area contributed by atoms with E-state index in [2.05, 4.69) is 36.3 Å². The molecule has 0 radical (unpaired) electrons. The SMILES string of the molecule is CC(C)(C)NCCc1nnc(C2CC3CCC2C3)o1. The maximum absolute atomic E-state index is 5.87. The molecule has 1 heterocycles. The largest absolute Gasteiger partial charge is 0.425 e. The fourth-order valence-electron chi connectivity index (χ4n) is 3.61. The number of nitrogens with zero attached hydrogens (tertiary/aromatic N) is 2. The minimum atomic E-state index is 0.146. The van der Waals surface area contributed by atoms with Gasteiger partial charge in [-0.3, -0.25) is 0 Å². The van der Waals surface area contributed by atoms with Crippen LogP contribution in [-0.4, -0.2) is 22.3 Å². The van der Waals surface area contributed by atoms with Crippen LogP contribution >= 0.6 is 0 Å². The van der Waals surface area contributed by atoms with E-state index in [1.54, 1.807) is 0 Å². The Labute approximate surface area is 115 Å². The van der Waals surface area contributed by atoms with Crippen molar-refractivity contribution in [3.8, 4) is 0 Å².